The van der Waals surface area contributed by atoms with Gasteiger partial charge in [-0.3, -0.25) is 4.99 Å². The fraction of sp³-hybridized carbons (Fsp3) is 0.316. The topological polar surface area (TPSA) is 45.7 Å². The summed E-state index contributed by atoms with van der Waals surface area (Å²) in [4.78, 5) is 4.12. The highest BCUT2D eigenvalue weighted by Crippen LogP contribution is 2.15. The number of guanidine groups is 1. The van der Waals surface area contributed by atoms with E-state index in [1.54, 1.807) is 13.1 Å². The van der Waals surface area contributed by atoms with Crippen LogP contribution in [0.1, 0.15) is 24.1 Å². The zero-order valence-corrected chi connectivity index (χ0v) is 14.4. The monoisotopic (exact) mass is 347 g/mol. The van der Waals surface area contributed by atoms with Crippen LogP contribution in [0, 0.1) is 11.6 Å². The minimum Gasteiger partial charge on any atom is -0.375 e. The molecule has 2 aromatic rings. The van der Waals surface area contributed by atoms with Crippen molar-refractivity contribution in [2.75, 3.05) is 20.2 Å². The van der Waals surface area contributed by atoms with Crippen molar-refractivity contribution in [3.05, 3.63) is 71.3 Å². The van der Waals surface area contributed by atoms with Crippen molar-refractivity contribution < 1.29 is 13.5 Å². The van der Waals surface area contributed by atoms with Gasteiger partial charge in [-0.25, -0.2) is 8.78 Å². The fourth-order valence-corrected chi connectivity index (χ4v) is 2.27. The molecule has 0 saturated carbocycles. The van der Waals surface area contributed by atoms with Gasteiger partial charge in [0.1, 0.15) is 0 Å². The molecule has 0 heterocycles. The van der Waals surface area contributed by atoms with Crippen LogP contribution in [-0.4, -0.2) is 26.2 Å². The SMILES string of the molecule is CN=C(NCCOCc1ccccc1)NC(C)c1ccc(F)c(F)c1. The highest BCUT2D eigenvalue weighted by molar-refractivity contribution is 5.80. The summed E-state index contributed by atoms with van der Waals surface area (Å²) >= 11 is 0. The van der Waals surface area contributed by atoms with Crippen LogP contribution in [0.2, 0.25) is 0 Å². The molecular weight excluding hydrogens is 324 g/mol. The summed E-state index contributed by atoms with van der Waals surface area (Å²) in [5.74, 6) is -1.14. The number of nitrogens with one attached hydrogen (secondary N) is 2. The lowest BCUT2D eigenvalue weighted by Crippen LogP contribution is -2.40. The van der Waals surface area contributed by atoms with Crippen LogP contribution in [-0.2, 0) is 11.3 Å². The lowest BCUT2D eigenvalue weighted by Gasteiger charge is -2.18. The van der Waals surface area contributed by atoms with Gasteiger partial charge in [0.15, 0.2) is 17.6 Å². The van der Waals surface area contributed by atoms with E-state index < -0.39 is 11.6 Å². The van der Waals surface area contributed by atoms with E-state index in [1.165, 1.54) is 6.07 Å². The summed E-state index contributed by atoms with van der Waals surface area (Å²) in [5, 5.41) is 6.26. The molecule has 1 unspecified atom stereocenters. The maximum atomic E-state index is 13.3. The highest BCUT2D eigenvalue weighted by Gasteiger charge is 2.10. The van der Waals surface area contributed by atoms with Crippen LogP contribution < -0.4 is 10.6 Å². The zero-order valence-electron chi connectivity index (χ0n) is 14.4. The number of rotatable bonds is 7. The molecule has 1 atom stereocenters. The third-order valence-corrected chi connectivity index (χ3v) is 3.67. The van der Waals surface area contributed by atoms with Crippen molar-refractivity contribution in [3.8, 4) is 0 Å². The molecular formula is C19H23F2N3O. The average Bonchev–Trinajstić information content (AvgIpc) is 2.63. The van der Waals surface area contributed by atoms with Crippen LogP contribution in [0.3, 0.4) is 0 Å². The van der Waals surface area contributed by atoms with Crippen molar-refractivity contribution in [2.24, 2.45) is 4.99 Å². The van der Waals surface area contributed by atoms with Gasteiger partial charge in [-0.15, -0.1) is 0 Å². The third kappa shape index (κ3) is 6.15. The number of hydrogen-bond acceptors (Lipinski definition) is 2. The summed E-state index contributed by atoms with van der Waals surface area (Å²) in [6.07, 6.45) is 0. The second-order valence-electron chi connectivity index (χ2n) is 5.58. The standard InChI is InChI=1S/C19H23F2N3O/c1-14(16-8-9-17(20)18(21)12-16)24-19(22-2)23-10-11-25-13-15-6-4-3-5-7-15/h3-9,12,14H,10-11,13H2,1-2H3,(H2,22,23,24). The minimum atomic E-state index is -0.858. The molecule has 0 aromatic heterocycles. The molecule has 134 valence electrons. The predicted molar refractivity (Wildman–Crippen MR) is 95.4 cm³/mol. The quantitative estimate of drug-likeness (QED) is 0.458. The molecule has 0 aliphatic rings. The molecule has 2 N–H and O–H groups in total. The van der Waals surface area contributed by atoms with E-state index in [4.69, 9.17) is 4.74 Å². The number of hydrogen-bond donors (Lipinski definition) is 2. The normalized spacial score (nSPS) is 12.7. The first-order chi connectivity index (χ1) is 12.1. The van der Waals surface area contributed by atoms with Crippen molar-refractivity contribution >= 4 is 5.96 Å². The second-order valence-corrected chi connectivity index (χ2v) is 5.58. The van der Waals surface area contributed by atoms with Crippen molar-refractivity contribution in [2.45, 2.75) is 19.6 Å². The molecule has 0 fully saturated rings. The van der Waals surface area contributed by atoms with Gasteiger partial charge in [0.25, 0.3) is 0 Å². The first-order valence-electron chi connectivity index (χ1n) is 8.14. The Bertz CT molecular complexity index is 692. The Balaban J connectivity index is 1.73. The molecule has 4 nitrogen and oxygen atoms in total. The van der Waals surface area contributed by atoms with E-state index in [1.807, 2.05) is 37.3 Å². The first-order valence-corrected chi connectivity index (χ1v) is 8.14. The van der Waals surface area contributed by atoms with Crippen molar-refractivity contribution in [1.82, 2.24) is 10.6 Å². The maximum absolute atomic E-state index is 13.3. The highest BCUT2D eigenvalue weighted by atomic mass is 19.2. The number of ether oxygens (including phenoxy) is 1. The van der Waals surface area contributed by atoms with Gasteiger partial charge in [0.05, 0.1) is 19.3 Å². The second kappa shape index (κ2) is 9.74. The minimum absolute atomic E-state index is 0.216. The zero-order chi connectivity index (χ0) is 18.1. The maximum Gasteiger partial charge on any atom is 0.191 e. The Kier molecular flexibility index (Phi) is 7.35. The van der Waals surface area contributed by atoms with Crippen molar-refractivity contribution in [3.63, 3.8) is 0 Å². The van der Waals surface area contributed by atoms with Crippen LogP contribution in [0.25, 0.3) is 0 Å². The van der Waals surface area contributed by atoms with Gasteiger partial charge in [0.2, 0.25) is 0 Å². The van der Waals surface area contributed by atoms with Gasteiger partial charge >= 0.3 is 0 Å². The van der Waals surface area contributed by atoms with Gasteiger partial charge in [-0.1, -0.05) is 36.4 Å². The molecule has 0 radical (unpaired) electrons. The lowest BCUT2D eigenvalue weighted by molar-refractivity contribution is 0.125. The molecule has 2 aromatic carbocycles. The average molecular weight is 347 g/mol. The Hall–Kier alpha value is -2.47. The molecule has 0 spiro atoms. The largest absolute Gasteiger partial charge is 0.375 e. The fourth-order valence-electron chi connectivity index (χ4n) is 2.27. The van der Waals surface area contributed by atoms with E-state index in [-0.39, 0.29) is 6.04 Å². The van der Waals surface area contributed by atoms with E-state index in [0.29, 0.717) is 31.3 Å². The molecule has 0 aliphatic heterocycles. The van der Waals surface area contributed by atoms with E-state index in [9.17, 15) is 8.78 Å². The van der Waals surface area contributed by atoms with Crippen LogP contribution in [0.4, 0.5) is 8.78 Å². The van der Waals surface area contributed by atoms with Gasteiger partial charge in [0, 0.05) is 13.6 Å². The summed E-state index contributed by atoms with van der Waals surface area (Å²) in [5.41, 5.74) is 1.76. The van der Waals surface area contributed by atoms with E-state index in [0.717, 1.165) is 11.6 Å². The van der Waals surface area contributed by atoms with Crippen LogP contribution in [0.15, 0.2) is 53.5 Å². The first kappa shape index (κ1) is 18.9. The molecule has 0 saturated heterocycles. The third-order valence-electron chi connectivity index (χ3n) is 3.67. The summed E-state index contributed by atoms with van der Waals surface area (Å²) < 4.78 is 31.9. The Morgan fingerprint density at radius 2 is 1.88 bits per heavy atom. The summed E-state index contributed by atoms with van der Waals surface area (Å²) in [6, 6.07) is 13.6. The Morgan fingerprint density at radius 3 is 2.56 bits per heavy atom. The Morgan fingerprint density at radius 1 is 1.12 bits per heavy atom. The summed E-state index contributed by atoms with van der Waals surface area (Å²) in [7, 11) is 1.65. The van der Waals surface area contributed by atoms with Crippen LogP contribution in [0.5, 0.6) is 0 Å². The van der Waals surface area contributed by atoms with E-state index >= 15 is 0 Å². The molecule has 2 rings (SSSR count). The number of benzene rings is 2. The number of halogens is 2. The lowest BCUT2D eigenvalue weighted by atomic mass is 10.1. The summed E-state index contributed by atoms with van der Waals surface area (Å²) in [6.45, 7) is 3.51. The smallest absolute Gasteiger partial charge is 0.191 e. The molecule has 6 heteroatoms. The van der Waals surface area contributed by atoms with Gasteiger partial charge in [-0.05, 0) is 30.2 Å². The Labute approximate surface area is 146 Å². The van der Waals surface area contributed by atoms with Gasteiger partial charge < -0.3 is 15.4 Å². The number of nitrogens with zero attached hydrogens (tertiary/aromatic N) is 1. The van der Waals surface area contributed by atoms with E-state index in [2.05, 4.69) is 15.6 Å². The molecule has 0 amide bonds. The van der Waals surface area contributed by atoms with Gasteiger partial charge in [-0.2, -0.15) is 0 Å². The number of aliphatic imine (C=N–C) groups is 1. The van der Waals surface area contributed by atoms with Crippen LogP contribution >= 0.6 is 0 Å². The predicted octanol–water partition coefficient (Wildman–Crippen LogP) is 3.41. The molecule has 0 aliphatic carbocycles. The molecule has 0 bridgehead atoms. The van der Waals surface area contributed by atoms with Crippen molar-refractivity contribution in [1.29, 1.82) is 0 Å². The molecule has 25 heavy (non-hydrogen) atoms.